The molecule has 0 aliphatic heterocycles. The van der Waals surface area contributed by atoms with E-state index in [1.54, 1.807) is 38.1 Å². The van der Waals surface area contributed by atoms with Crippen molar-refractivity contribution >= 4 is 33.0 Å². The summed E-state index contributed by atoms with van der Waals surface area (Å²) in [7, 11) is -2.04. The van der Waals surface area contributed by atoms with Gasteiger partial charge in [0.15, 0.2) is 0 Å². The maximum absolute atomic E-state index is 12.5. The largest absolute Gasteiger partial charge is 0.495 e. The van der Waals surface area contributed by atoms with Crippen LogP contribution in [0.2, 0.25) is 0 Å². The normalized spacial score (nSPS) is 11.5. The highest BCUT2D eigenvalue weighted by Crippen LogP contribution is 2.26. The van der Waals surface area contributed by atoms with Crippen LogP contribution < -0.4 is 10.1 Å². The fourth-order valence-corrected chi connectivity index (χ4v) is 4.83. The number of carbonyl (C=O) groups excluding carboxylic acids is 1. The highest BCUT2D eigenvalue weighted by molar-refractivity contribution is 7.89. The molecule has 1 N–H and O–H groups in total. The average Bonchev–Trinajstić information content (AvgIpc) is 3.07. The molecule has 6 nitrogen and oxygen atoms in total. The third-order valence-electron chi connectivity index (χ3n) is 3.50. The minimum Gasteiger partial charge on any atom is -0.495 e. The summed E-state index contributed by atoms with van der Waals surface area (Å²) in [5.41, 5.74) is 0.534. The van der Waals surface area contributed by atoms with Gasteiger partial charge in [-0.3, -0.25) is 4.79 Å². The van der Waals surface area contributed by atoms with E-state index in [1.807, 2.05) is 0 Å². The SMILES string of the molecule is CCN(CC)S(=O)(=O)c1csc(C(=O)Nc2ccccc2OC)c1. The van der Waals surface area contributed by atoms with E-state index in [1.165, 1.54) is 22.9 Å². The number of thiophene rings is 1. The Hall–Kier alpha value is -1.90. The number of amides is 1. The van der Waals surface area contributed by atoms with Gasteiger partial charge >= 0.3 is 0 Å². The number of methoxy groups -OCH3 is 1. The smallest absolute Gasteiger partial charge is 0.265 e. The number of carbonyl (C=O) groups is 1. The van der Waals surface area contributed by atoms with Crippen LogP contribution in [-0.4, -0.2) is 38.8 Å². The maximum atomic E-state index is 12.5. The number of rotatable bonds is 7. The van der Waals surface area contributed by atoms with Crippen molar-refractivity contribution in [1.82, 2.24) is 4.31 Å². The summed E-state index contributed by atoms with van der Waals surface area (Å²) < 4.78 is 31.5. The van der Waals surface area contributed by atoms with Crippen molar-refractivity contribution in [2.24, 2.45) is 0 Å². The summed E-state index contributed by atoms with van der Waals surface area (Å²) >= 11 is 1.10. The second-order valence-corrected chi connectivity index (χ2v) is 7.74. The van der Waals surface area contributed by atoms with E-state index < -0.39 is 10.0 Å². The average molecular weight is 368 g/mol. The number of benzene rings is 1. The first-order valence-corrected chi connectivity index (χ1v) is 9.79. The molecule has 130 valence electrons. The lowest BCUT2D eigenvalue weighted by molar-refractivity contribution is 0.103. The van der Waals surface area contributed by atoms with Gasteiger partial charge in [-0.15, -0.1) is 11.3 Å². The predicted octanol–water partition coefficient (Wildman–Crippen LogP) is 3.04. The highest BCUT2D eigenvalue weighted by atomic mass is 32.2. The van der Waals surface area contributed by atoms with Crippen LogP contribution in [0.25, 0.3) is 0 Å². The van der Waals surface area contributed by atoms with Crippen molar-refractivity contribution in [1.29, 1.82) is 0 Å². The Kier molecular flexibility index (Phi) is 5.98. The first kappa shape index (κ1) is 18.4. The van der Waals surface area contributed by atoms with Gasteiger partial charge in [0.2, 0.25) is 10.0 Å². The van der Waals surface area contributed by atoms with Crippen LogP contribution in [0.15, 0.2) is 40.6 Å². The van der Waals surface area contributed by atoms with Crippen LogP contribution in [0, 0.1) is 0 Å². The van der Waals surface area contributed by atoms with E-state index in [-0.39, 0.29) is 10.8 Å². The molecule has 0 aliphatic carbocycles. The number of hydrogen-bond acceptors (Lipinski definition) is 5. The molecular weight excluding hydrogens is 348 g/mol. The molecule has 2 rings (SSSR count). The first-order valence-electron chi connectivity index (χ1n) is 7.47. The van der Waals surface area contributed by atoms with Gasteiger partial charge < -0.3 is 10.1 Å². The van der Waals surface area contributed by atoms with Gasteiger partial charge in [0.05, 0.1) is 22.6 Å². The van der Waals surface area contributed by atoms with Crippen molar-refractivity contribution in [2.75, 3.05) is 25.5 Å². The summed E-state index contributed by atoms with van der Waals surface area (Å²) in [6.07, 6.45) is 0. The number of para-hydroxylation sites is 2. The summed E-state index contributed by atoms with van der Waals surface area (Å²) in [4.78, 5) is 12.8. The van der Waals surface area contributed by atoms with Crippen LogP contribution in [0.5, 0.6) is 5.75 Å². The summed E-state index contributed by atoms with van der Waals surface area (Å²) in [6.45, 7) is 4.33. The van der Waals surface area contributed by atoms with Crippen molar-refractivity contribution in [3.63, 3.8) is 0 Å². The van der Waals surface area contributed by atoms with Gasteiger partial charge in [-0.1, -0.05) is 26.0 Å². The minimum atomic E-state index is -3.56. The molecule has 0 saturated heterocycles. The molecule has 0 saturated carbocycles. The Morgan fingerprint density at radius 3 is 2.54 bits per heavy atom. The van der Waals surface area contributed by atoms with Gasteiger partial charge in [-0.2, -0.15) is 4.31 Å². The Morgan fingerprint density at radius 1 is 1.25 bits per heavy atom. The lowest BCUT2D eigenvalue weighted by Gasteiger charge is -2.17. The van der Waals surface area contributed by atoms with E-state index in [9.17, 15) is 13.2 Å². The lowest BCUT2D eigenvalue weighted by Crippen LogP contribution is -2.30. The zero-order chi connectivity index (χ0) is 17.7. The third kappa shape index (κ3) is 3.77. The van der Waals surface area contributed by atoms with Crippen LogP contribution in [0.1, 0.15) is 23.5 Å². The molecule has 2 aromatic rings. The highest BCUT2D eigenvalue weighted by Gasteiger charge is 2.24. The second kappa shape index (κ2) is 7.78. The molecule has 0 bridgehead atoms. The molecule has 0 aliphatic rings. The molecule has 24 heavy (non-hydrogen) atoms. The molecule has 1 aromatic heterocycles. The number of hydrogen-bond donors (Lipinski definition) is 1. The van der Waals surface area contributed by atoms with Crippen molar-refractivity contribution < 1.29 is 17.9 Å². The van der Waals surface area contributed by atoms with E-state index >= 15 is 0 Å². The van der Waals surface area contributed by atoms with Crippen molar-refractivity contribution in [3.05, 3.63) is 40.6 Å². The Bertz CT molecular complexity index is 811. The van der Waals surface area contributed by atoms with Crippen LogP contribution in [0.3, 0.4) is 0 Å². The van der Waals surface area contributed by atoms with Crippen LogP contribution >= 0.6 is 11.3 Å². The molecule has 1 aromatic carbocycles. The monoisotopic (exact) mass is 368 g/mol. The molecular formula is C16H20N2O4S2. The summed E-state index contributed by atoms with van der Waals surface area (Å²) in [6, 6.07) is 8.44. The second-order valence-electron chi connectivity index (χ2n) is 4.89. The van der Waals surface area contributed by atoms with Crippen LogP contribution in [-0.2, 0) is 10.0 Å². The van der Waals surface area contributed by atoms with E-state index in [0.29, 0.717) is 29.4 Å². The van der Waals surface area contributed by atoms with Gasteiger partial charge in [0.1, 0.15) is 5.75 Å². The van der Waals surface area contributed by atoms with Crippen molar-refractivity contribution in [3.8, 4) is 5.75 Å². The van der Waals surface area contributed by atoms with Gasteiger partial charge in [-0.05, 0) is 18.2 Å². The molecule has 0 unspecified atom stereocenters. The van der Waals surface area contributed by atoms with Gasteiger partial charge in [-0.25, -0.2) is 8.42 Å². The van der Waals surface area contributed by atoms with Crippen molar-refractivity contribution in [2.45, 2.75) is 18.7 Å². The molecule has 0 radical (unpaired) electrons. The Labute approximate surface area is 146 Å². The fourth-order valence-electron chi connectivity index (χ4n) is 2.22. The van der Waals surface area contributed by atoms with E-state index in [0.717, 1.165) is 11.3 Å². The number of nitrogens with one attached hydrogen (secondary N) is 1. The molecule has 8 heteroatoms. The summed E-state index contributed by atoms with van der Waals surface area (Å²) in [5, 5.41) is 4.23. The number of anilines is 1. The van der Waals surface area contributed by atoms with Crippen LogP contribution in [0.4, 0.5) is 5.69 Å². The predicted molar refractivity (Wildman–Crippen MR) is 95.4 cm³/mol. The standard InChI is InChI=1S/C16H20N2O4S2/c1-4-18(5-2)24(20,21)12-10-15(23-11-12)16(19)17-13-8-6-7-9-14(13)22-3/h6-11H,4-5H2,1-3H3,(H,17,19). The fraction of sp³-hybridized carbons (Fsp3) is 0.312. The maximum Gasteiger partial charge on any atom is 0.265 e. The molecule has 1 amide bonds. The molecule has 0 atom stereocenters. The Balaban J connectivity index is 2.23. The third-order valence-corrected chi connectivity index (χ3v) is 6.60. The Morgan fingerprint density at radius 2 is 1.92 bits per heavy atom. The summed E-state index contributed by atoms with van der Waals surface area (Å²) in [5.74, 6) is 0.170. The lowest BCUT2D eigenvalue weighted by atomic mass is 10.3. The molecule has 0 fully saturated rings. The minimum absolute atomic E-state index is 0.140. The zero-order valence-electron chi connectivity index (χ0n) is 13.8. The molecule has 1 heterocycles. The zero-order valence-corrected chi connectivity index (χ0v) is 15.4. The van der Waals surface area contributed by atoms with E-state index in [4.69, 9.17) is 4.74 Å². The number of sulfonamides is 1. The topological polar surface area (TPSA) is 75.7 Å². The number of nitrogens with zero attached hydrogens (tertiary/aromatic N) is 1. The van der Waals surface area contributed by atoms with E-state index in [2.05, 4.69) is 5.32 Å². The van der Waals surface area contributed by atoms with Gasteiger partial charge in [0, 0.05) is 18.5 Å². The first-order chi connectivity index (χ1) is 11.4. The van der Waals surface area contributed by atoms with Gasteiger partial charge in [0.25, 0.3) is 5.91 Å². The quantitative estimate of drug-likeness (QED) is 0.815. The molecule has 0 spiro atoms. The number of ether oxygens (including phenoxy) is 1.